The number of carboxylic acids is 1. The number of aliphatic imine (C=N–C) groups is 1. The van der Waals surface area contributed by atoms with Crippen molar-refractivity contribution in [1.82, 2.24) is 20.1 Å². The van der Waals surface area contributed by atoms with Gasteiger partial charge in [0, 0.05) is 53.5 Å². The molecule has 3 aliphatic heterocycles. The van der Waals surface area contributed by atoms with E-state index in [1.165, 1.54) is 49.3 Å². The van der Waals surface area contributed by atoms with E-state index in [0.29, 0.717) is 10.6 Å². The molecule has 2 fully saturated rings. The Morgan fingerprint density at radius 2 is 2.02 bits per heavy atom. The molecule has 1 aromatic heterocycles. The monoisotopic (exact) mass is 625 g/mol. The van der Waals surface area contributed by atoms with Crippen LogP contribution >= 0.6 is 22.9 Å². The molecule has 5 rings (SSSR count). The summed E-state index contributed by atoms with van der Waals surface area (Å²) in [6.45, 7) is 1.21. The summed E-state index contributed by atoms with van der Waals surface area (Å²) in [6, 6.07) is 1.75. The minimum atomic E-state index is -3.19. The summed E-state index contributed by atoms with van der Waals surface area (Å²) in [4.78, 5) is 49.4. The number of alkyl halides is 2. The Hall–Kier alpha value is -3.49. The number of nitrogens with one attached hydrogen (secondary N) is 1. The van der Waals surface area contributed by atoms with Gasteiger partial charge in [-0.2, -0.15) is 0 Å². The molecule has 15 heteroatoms. The molecule has 0 radical (unpaired) electrons. The maximum atomic E-state index is 15.3. The maximum absolute atomic E-state index is 15.3. The number of esters is 1. The van der Waals surface area contributed by atoms with Crippen LogP contribution in [0.25, 0.3) is 0 Å². The number of likely N-dealkylation sites (tertiary alicyclic amines) is 2. The van der Waals surface area contributed by atoms with Crippen LogP contribution in [0.1, 0.15) is 30.5 Å². The van der Waals surface area contributed by atoms with Gasteiger partial charge in [0.05, 0.1) is 25.1 Å². The first-order valence-corrected chi connectivity index (χ1v) is 14.2. The number of aromatic nitrogens is 1. The predicted molar refractivity (Wildman–Crippen MR) is 147 cm³/mol. The molecule has 2 saturated heterocycles. The number of hydrogen-bond acceptors (Lipinski definition) is 9. The minimum absolute atomic E-state index is 0.00338. The van der Waals surface area contributed by atoms with Crippen molar-refractivity contribution >= 4 is 46.6 Å². The number of carbonyl (C=O) groups is 3. The summed E-state index contributed by atoms with van der Waals surface area (Å²) < 4.78 is 49.6. The second-order valence-electron chi connectivity index (χ2n) is 10.9. The van der Waals surface area contributed by atoms with Gasteiger partial charge in [-0.1, -0.05) is 17.7 Å². The molecular weight excluding hydrogens is 599 g/mol. The van der Waals surface area contributed by atoms with Crippen LogP contribution in [0, 0.1) is 17.2 Å². The molecule has 42 heavy (non-hydrogen) atoms. The molecule has 0 saturated carbocycles. The number of halogens is 4. The van der Waals surface area contributed by atoms with Crippen LogP contribution in [-0.2, 0) is 19.1 Å². The fourth-order valence-electron chi connectivity index (χ4n) is 5.57. The quantitative estimate of drug-likeness (QED) is 0.355. The van der Waals surface area contributed by atoms with Crippen molar-refractivity contribution in [2.75, 3.05) is 33.3 Å². The zero-order valence-electron chi connectivity index (χ0n) is 22.7. The molecule has 10 nitrogen and oxygen atoms in total. The zero-order chi connectivity index (χ0) is 30.6. The first-order valence-electron chi connectivity index (χ1n) is 12.9. The molecule has 3 aliphatic rings. The van der Waals surface area contributed by atoms with Gasteiger partial charge in [-0.3, -0.25) is 19.5 Å². The number of hydrogen-bond donors (Lipinski definition) is 2. The molecule has 2 aromatic rings. The molecular formula is C27H27ClF3N5O5S. The normalized spacial score (nSPS) is 23.8. The molecule has 1 unspecified atom stereocenters. The zero-order valence-corrected chi connectivity index (χ0v) is 24.3. The van der Waals surface area contributed by atoms with Crippen molar-refractivity contribution < 1.29 is 37.4 Å². The predicted octanol–water partition coefficient (Wildman–Crippen LogP) is 3.34. The van der Waals surface area contributed by atoms with Crippen molar-refractivity contribution in [3.8, 4) is 0 Å². The Kier molecular flexibility index (Phi) is 7.83. The lowest BCUT2D eigenvalue weighted by Crippen LogP contribution is -2.47. The summed E-state index contributed by atoms with van der Waals surface area (Å²) >= 11 is 7.63. The van der Waals surface area contributed by atoms with Gasteiger partial charge in [0.1, 0.15) is 17.3 Å². The number of rotatable bonds is 7. The number of amidine groups is 1. The van der Waals surface area contributed by atoms with Crippen LogP contribution < -0.4 is 5.32 Å². The van der Waals surface area contributed by atoms with Gasteiger partial charge in [0.15, 0.2) is 10.8 Å². The van der Waals surface area contributed by atoms with Gasteiger partial charge in [-0.15, -0.1) is 11.3 Å². The molecule has 0 spiro atoms. The number of methoxy groups -OCH3 is 1. The molecule has 1 aromatic carbocycles. The molecule has 0 aliphatic carbocycles. The smallest absolute Gasteiger partial charge is 0.338 e. The summed E-state index contributed by atoms with van der Waals surface area (Å²) in [5, 5.41) is 14.7. The van der Waals surface area contributed by atoms with Crippen LogP contribution in [-0.4, -0.2) is 88.8 Å². The van der Waals surface area contributed by atoms with E-state index < -0.39 is 59.5 Å². The molecule has 2 N–H and O–H groups in total. The number of carbonyl (C=O) groups excluding carboxylic acids is 2. The third-order valence-corrected chi connectivity index (χ3v) is 8.96. The second kappa shape index (κ2) is 11.0. The highest BCUT2D eigenvalue weighted by Crippen LogP contribution is 2.44. The maximum Gasteiger partial charge on any atom is 0.338 e. The lowest BCUT2D eigenvalue weighted by molar-refractivity contribution is -0.158. The first-order chi connectivity index (χ1) is 19.7. The average Bonchev–Trinajstić information content (AvgIpc) is 3.66. The van der Waals surface area contributed by atoms with E-state index in [-0.39, 0.29) is 41.8 Å². The number of amides is 1. The van der Waals surface area contributed by atoms with Crippen molar-refractivity contribution in [3.05, 3.63) is 62.5 Å². The topological polar surface area (TPSA) is 124 Å². The number of benzene rings is 1. The van der Waals surface area contributed by atoms with Crippen LogP contribution in [0.4, 0.5) is 13.2 Å². The number of thiazole rings is 1. The minimum Gasteiger partial charge on any atom is -0.480 e. The SMILES string of the molecule is COC(=O)C1=C(CN2CC(F)(F)[C@@H]3CN(C(=O)C(C)(C)C(=O)O)C[C@@H]32)NC(c2nccs2)=NC1c1ccc(F)cc1Cl. The van der Waals surface area contributed by atoms with E-state index in [9.17, 15) is 23.9 Å². The third-order valence-electron chi connectivity index (χ3n) is 7.86. The fraction of sp³-hybridized carbons (Fsp3) is 0.444. The fourth-order valence-corrected chi connectivity index (χ4v) is 6.43. The number of ether oxygens (including phenoxy) is 1. The molecule has 3 atom stereocenters. The van der Waals surface area contributed by atoms with Gasteiger partial charge in [-0.05, 0) is 26.0 Å². The van der Waals surface area contributed by atoms with Gasteiger partial charge < -0.3 is 20.1 Å². The van der Waals surface area contributed by atoms with E-state index in [1.807, 2.05) is 0 Å². The van der Waals surface area contributed by atoms with E-state index in [4.69, 9.17) is 16.3 Å². The molecule has 1 amide bonds. The van der Waals surface area contributed by atoms with Gasteiger partial charge in [-0.25, -0.2) is 22.9 Å². The van der Waals surface area contributed by atoms with E-state index in [2.05, 4.69) is 15.3 Å². The largest absolute Gasteiger partial charge is 0.480 e. The standard InChI is InChI=1S/C27H27ClF3N5O5S/c1-26(2,25(39)40)24(38)35-9-15-18(11-35)36(12-27(15,30)31)10-17-19(23(37)41-3)20(14-5-4-13(29)8-16(14)28)34-21(33-17)22-32-6-7-42-22/h4-8,15,18,20H,9-12H2,1-3H3,(H,33,34)(H,39,40)/t15-,18+,20?/m1/s1. The van der Waals surface area contributed by atoms with E-state index >= 15 is 8.78 Å². The highest BCUT2D eigenvalue weighted by atomic mass is 35.5. The Morgan fingerprint density at radius 3 is 2.64 bits per heavy atom. The lowest BCUT2D eigenvalue weighted by Gasteiger charge is -2.32. The van der Waals surface area contributed by atoms with Crippen molar-refractivity contribution in [3.63, 3.8) is 0 Å². The van der Waals surface area contributed by atoms with E-state index in [1.54, 1.807) is 11.6 Å². The Balaban J connectivity index is 1.54. The Morgan fingerprint density at radius 1 is 1.29 bits per heavy atom. The summed E-state index contributed by atoms with van der Waals surface area (Å²) in [5.74, 6) is -7.68. The summed E-state index contributed by atoms with van der Waals surface area (Å²) in [5.41, 5.74) is -1.29. The lowest BCUT2D eigenvalue weighted by atomic mass is 9.92. The number of carboxylic acid groups (broad SMARTS) is 1. The molecule has 224 valence electrons. The van der Waals surface area contributed by atoms with Gasteiger partial charge >= 0.3 is 11.9 Å². The first kappa shape index (κ1) is 30.0. The summed E-state index contributed by atoms with van der Waals surface area (Å²) in [7, 11) is 1.17. The Labute approximate surface area is 247 Å². The van der Waals surface area contributed by atoms with Crippen LogP contribution in [0.15, 0.2) is 46.0 Å². The van der Waals surface area contributed by atoms with Gasteiger partial charge in [0.2, 0.25) is 5.91 Å². The van der Waals surface area contributed by atoms with E-state index in [0.717, 1.165) is 11.0 Å². The molecule has 0 bridgehead atoms. The second-order valence-corrected chi connectivity index (χ2v) is 12.2. The van der Waals surface area contributed by atoms with Crippen LogP contribution in [0.3, 0.4) is 0 Å². The number of nitrogens with zero attached hydrogens (tertiary/aromatic N) is 4. The molecule has 4 heterocycles. The average molecular weight is 626 g/mol. The number of aliphatic carboxylic acids is 1. The number of fused-ring (bicyclic) bond motifs is 1. The van der Waals surface area contributed by atoms with Gasteiger partial charge in [0.25, 0.3) is 5.92 Å². The highest BCUT2D eigenvalue weighted by molar-refractivity contribution is 7.11. The van der Waals surface area contributed by atoms with Crippen molar-refractivity contribution in [2.45, 2.75) is 31.9 Å². The van der Waals surface area contributed by atoms with Crippen molar-refractivity contribution in [1.29, 1.82) is 0 Å². The van der Waals surface area contributed by atoms with Crippen LogP contribution in [0.2, 0.25) is 5.02 Å². The summed E-state index contributed by atoms with van der Waals surface area (Å²) in [6.07, 6.45) is 1.55. The van der Waals surface area contributed by atoms with Crippen LogP contribution in [0.5, 0.6) is 0 Å². The highest BCUT2D eigenvalue weighted by Gasteiger charge is 2.60. The Bertz CT molecular complexity index is 1500. The third kappa shape index (κ3) is 5.26. The van der Waals surface area contributed by atoms with Crippen molar-refractivity contribution in [2.24, 2.45) is 16.3 Å².